The second-order valence-corrected chi connectivity index (χ2v) is 5.52. The molecular weight excluding hydrogens is 228 g/mol. The van der Waals surface area contributed by atoms with Gasteiger partial charge in [-0.25, -0.2) is 0 Å². The predicted octanol–water partition coefficient (Wildman–Crippen LogP) is 1.82. The molecule has 1 saturated carbocycles. The van der Waals surface area contributed by atoms with Gasteiger partial charge in [-0.3, -0.25) is 4.98 Å². The Morgan fingerprint density at radius 3 is 2.72 bits per heavy atom. The molecule has 1 aliphatic rings. The third kappa shape index (κ3) is 3.68. The lowest BCUT2D eigenvalue weighted by Gasteiger charge is -2.35. The van der Waals surface area contributed by atoms with E-state index in [9.17, 15) is 5.11 Å². The smallest absolute Gasteiger partial charge is 0.133 e. The van der Waals surface area contributed by atoms with Crippen LogP contribution in [0, 0.1) is 5.92 Å². The minimum Gasteiger partial charge on any atom is -0.506 e. The maximum absolute atomic E-state index is 10.4. The molecule has 1 aliphatic carbocycles. The first-order chi connectivity index (χ1) is 8.57. The minimum atomic E-state index is -0.552. The molecule has 1 heterocycles. The van der Waals surface area contributed by atoms with Crippen molar-refractivity contribution in [1.82, 2.24) is 10.3 Å². The first kappa shape index (κ1) is 13.3. The highest BCUT2D eigenvalue weighted by Crippen LogP contribution is 2.31. The zero-order valence-corrected chi connectivity index (χ0v) is 10.9. The lowest BCUT2D eigenvalue weighted by molar-refractivity contribution is -0.00635. The summed E-state index contributed by atoms with van der Waals surface area (Å²) in [6, 6.07) is 3.41. The van der Waals surface area contributed by atoms with Gasteiger partial charge in [-0.2, -0.15) is 0 Å². The molecule has 1 fully saturated rings. The van der Waals surface area contributed by atoms with Crippen LogP contribution in [0.4, 0.5) is 0 Å². The van der Waals surface area contributed by atoms with Crippen molar-refractivity contribution in [1.29, 1.82) is 0 Å². The molecule has 0 bridgehead atoms. The fourth-order valence-corrected chi connectivity index (χ4v) is 2.42. The third-order valence-corrected chi connectivity index (χ3v) is 3.77. The van der Waals surface area contributed by atoms with E-state index < -0.39 is 5.60 Å². The number of nitrogens with zero attached hydrogens (tertiary/aromatic N) is 1. The van der Waals surface area contributed by atoms with Gasteiger partial charge in [-0.15, -0.1) is 0 Å². The number of aromatic hydroxyl groups is 1. The van der Waals surface area contributed by atoms with Gasteiger partial charge in [0.15, 0.2) is 0 Å². The van der Waals surface area contributed by atoms with Crippen molar-refractivity contribution in [2.45, 2.75) is 44.8 Å². The summed E-state index contributed by atoms with van der Waals surface area (Å²) >= 11 is 0. The Morgan fingerprint density at radius 2 is 2.11 bits per heavy atom. The Hall–Kier alpha value is -1.13. The number of aliphatic hydroxyl groups is 1. The average Bonchev–Trinajstić information content (AvgIpc) is 2.36. The number of hydrogen-bond donors (Lipinski definition) is 3. The fourth-order valence-electron chi connectivity index (χ4n) is 2.42. The van der Waals surface area contributed by atoms with Gasteiger partial charge in [0.05, 0.1) is 17.5 Å². The molecule has 0 radical (unpaired) electrons. The lowest BCUT2D eigenvalue weighted by atomic mass is 9.79. The van der Waals surface area contributed by atoms with E-state index in [1.165, 1.54) is 6.20 Å². The number of pyridine rings is 1. The van der Waals surface area contributed by atoms with Gasteiger partial charge in [0, 0.05) is 13.1 Å². The van der Waals surface area contributed by atoms with Crippen LogP contribution in [0.5, 0.6) is 5.75 Å². The Bertz CT molecular complexity index is 370. The Labute approximate surface area is 108 Å². The highest BCUT2D eigenvalue weighted by atomic mass is 16.3. The molecule has 3 N–H and O–H groups in total. The van der Waals surface area contributed by atoms with Gasteiger partial charge in [0.2, 0.25) is 0 Å². The average molecular weight is 250 g/mol. The van der Waals surface area contributed by atoms with Crippen LogP contribution in [-0.4, -0.2) is 27.3 Å². The van der Waals surface area contributed by atoms with Crippen LogP contribution in [0.3, 0.4) is 0 Å². The van der Waals surface area contributed by atoms with Crippen LogP contribution in [0.25, 0.3) is 0 Å². The molecule has 0 saturated heterocycles. The molecule has 2 rings (SSSR count). The zero-order valence-electron chi connectivity index (χ0n) is 10.9. The maximum Gasteiger partial charge on any atom is 0.133 e. The maximum atomic E-state index is 10.4. The Balaban J connectivity index is 1.76. The molecule has 0 spiro atoms. The van der Waals surface area contributed by atoms with E-state index in [0.717, 1.165) is 37.3 Å². The van der Waals surface area contributed by atoms with E-state index in [-0.39, 0.29) is 5.75 Å². The number of nitrogens with one attached hydrogen (secondary N) is 1. The van der Waals surface area contributed by atoms with Crippen LogP contribution in [0.1, 0.15) is 38.3 Å². The summed E-state index contributed by atoms with van der Waals surface area (Å²) in [5, 5.41) is 22.8. The van der Waals surface area contributed by atoms with Gasteiger partial charge in [0.1, 0.15) is 5.75 Å². The van der Waals surface area contributed by atoms with E-state index in [4.69, 9.17) is 5.11 Å². The van der Waals surface area contributed by atoms with Gasteiger partial charge >= 0.3 is 0 Å². The van der Waals surface area contributed by atoms with Gasteiger partial charge < -0.3 is 15.5 Å². The second kappa shape index (κ2) is 5.67. The standard InChI is InChI=1S/C14H22N2O2/c1-11-4-6-14(18,7-5-11)10-15-8-12-2-3-13(17)9-16-12/h2-3,9,11,15,17-18H,4-8,10H2,1H3. The van der Waals surface area contributed by atoms with Gasteiger partial charge in [-0.05, 0) is 43.7 Å². The van der Waals surface area contributed by atoms with E-state index in [2.05, 4.69) is 17.2 Å². The van der Waals surface area contributed by atoms with Crippen molar-refractivity contribution in [2.75, 3.05) is 6.54 Å². The molecule has 0 unspecified atom stereocenters. The fraction of sp³-hybridized carbons (Fsp3) is 0.643. The first-order valence-electron chi connectivity index (χ1n) is 6.64. The van der Waals surface area contributed by atoms with Crippen molar-refractivity contribution in [3.63, 3.8) is 0 Å². The topological polar surface area (TPSA) is 65.4 Å². The highest BCUT2D eigenvalue weighted by Gasteiger charge is 2.31. The Kier molecular flexibility index (Phi) is 4.19. The molecule has 0 aliphatic heterocycles. The summed E-state index contributed by atoms with van der Waals surface area (Å²) in [5.41, 5.74) is 0.323. The second-order valence-electron chi connectivity index (χ2n) is 5.52. The summed E-state index contributed by atoms with van der Waals surface area (Å²) in [5.74, 6) is 0.919. The number of aromatic nitrogens is 1. The van der Waals surface area contributed by atoms with E-state index >= 15 is 0 Å². The molecule has 4 nitrogen and oxygen atoms in total. The summed E-state index contributed by atoms with van der Waals surface area (Å²) in [6.45, 7) is 3.48. The van der Waals surface area contributed by atoms with Crippen LogP contribution in [0.15, 0.2) is 18.3 Å². The highest BCUT2D eigenvalue weighted by molar-refractivity contribution is 5.17. The zero-order chi connectivity index (χ0) is 13.0. The van der Waals surface area contributed by atoms with E-state index in [0.29, 0.717) is 13.1 Å². The monoisotopic (exact) mass is 250 g/mol. The molecule has 100 valence electrons. The van der Waals surface area contributed by atoms with Crippen LogP contribution >= 0.6 is 0 Å². The molecule has 4 heteroatoms. The van der Waals surface area contributed by atoms with E-state index in [1.807, 2.05) is 0 Å². The summed E-state index contributed by atoms with van der Waals surface area (Å²) < 4.78 is 0. The molecule has 0 atom stereocenters. The van der Waals surface area contributed by atoms with Crippen molar-refractivity contribution >= 4 is 0 Å². The largest absolute Gasteiger partial charge is 0.506 e. The molecule has 0 amide bonds. The normalized spacial score (nSPS) is 28.2. The third-order valence-electron chi connectivity index (χ3n) is 3.77. The summed E-state index contributed by atoms with van der Waals surface area (Å²) in [6.07, 6.45) is 5.41. The summed E-state index contributed by atoms with van der Waals surface area (Å²) in [4.78, 5) is 4.10. The quantitative estimate of drug-likeness (QED) is 0.762. The molecule has 0 aromatic carbocycles. The first-order valence-corrected chi connectivity index (χ1v) is 6.64. The van der Waals surface area contributed by atoms with Crippen LogP contribution in [0.2, 0.25) is 0 Å². The summed E-state index contributed by atoms with van der Waals surface area (Å²) in [7, 11) is 0. The van der Waals surface area contributed by atoms with Crippen LogP contribution < -0.4 is 5.32 Å². The van der Waals surface area contributed by atoms with Crippen molar-refractivity contribution in [3.8, 4) is 5.75 Å². The van der Waals surface area contributed by atoms with Crippen molar-refractivity contribution in [2.24, 2.45) is 5.92 Å². The predicted molar refractivity (Wildman–Crippen MR) is 70.2 cm³/mol. The number of rotatable bonds is 4. The number of hydrogen-bond acceptors (Lipinski definition) is 4. The molecule has 1 aromatic rings. The van der Waals surface area contributed by atoms with Crippen LogP contribution in [-0.2, 0) is 6.54 Å². The van der Waals surface area contributed by atoms with Crippen molar-refractivity contribution < 1.29 is 10.2 Å². The van der Waals surface area contributed by atoms with Gasteiger partial charge in [0.25, 0.3) is 0 Å². The lowest BCUT2D eigenvalue weighted by Crippen LogP contribution is -2.43. The molecule has 1 aromatic heterocycles. The SMILES string of the molecule is CC1CCC(O)(CNCc2ccc(O)cn2)CC1. The Morgan fingerprint density at radius 1 is 1.39 bits per heavy atom. The van der Waals surface area contributed by atoms with E-state index in [1.54, 1.807) is 12.1 Å². The minimum absolute atomic E-state index is 0.179. The van der Waals surface area contributed by atoms with Crippen molar-refractivity contribution in [3.05, 3.63) is 24.0 Å². The molecular formula is C14H22N2O2. The van der Waals surface area contributed by atoms with Gasteiger partial charge in [-0.1, -0.05) is 6.92 Å². The molecule has 18 heavy (non-hydrogen) atoms.